The van der Waals surface area contributed by atoms with Crippen LogP contribution in [0.25, 0.3) is 5.52 Å². The Kier molecular flexibility index (Phi) is 3.99. The third-order valence-corrected chi connectivity index (χ3v) is 6.57. The minimum atomic E-state index is -0.0900. The number of imidazole rings is 1. The fourth-order valence-electron chi connectivity index (χ4n) is 4.12. The molecule has 6 nitrogen and oxygen atoms in total. The van der Waals surface area contributed by atoms with Crippen LogP contribution in [0.2, 0.25) is 5.15 Å². The van der Waals surface area contributed by atoms with E-state index in [1.807, 2.05) is 27.4 Å². The summed E-state index contributed by atoms with van der Waals surface area (Å²) in [6.45, 7) is 4.97. The van der Waals surface area contributed by atoms with Crippen molar-refractivity contribution in [3.8, 4) is 0 Å². The SMILES string of the molecule is CN1C(=O)N2CC(c3nc(Br)c4c(Cl)nccn34)CCC2CC1(C)C. The summed E-state index contributed by atoms with van der Waals surface area (Å²) in [6.07, 6.45) is 6.58. The molecule has 4 rings (SSSR count). The number of piperidine rings is 1. The number of carbonyl (C=O) groups excluding carboxylic acids is 1. The van der Waals surface area contributed by atoms with E-state index in [4.69, 9.17) is 11.6 Å². The van der Waals surface area contributed by atoms with E-state index in [1.54, 1.807) is 6.20 Å². The zero-order chi connectivity index (χ0) is 17.9. The summed E-state index contributed by atoms with van der Waals surface area (Å²) in [5, 5.41) is 0.428. The lowest BCUT2D eigenvalue weighted by atomic mass is 9.82. The van der Waals surface area contributed by atoms with E-state index in [2.05, 4.69) is 39.7 Å². The number of hydrogen-bond donors (Lipinski definition) is 0. The van der Waals surface area contributed by atoms with Crippen LogP contribution in [-0.2, 0) is 0 Å². The summed E-state index contributed by atoms with van der Waals surface area (Å²) in [5.41, 5.74) is 0.692. The summed E-state index contributed by atoms with van der Waals surface area (Å²) in [6, 6.07) is 0.431. The summed E-state index contributed by atoms with van der Waals surface area (Å²) in [5.74, 6) is 1.12. The van der Waals surface area contributed by atoms with Crippen LogP contribution in [0.1, 0.15) is 44.9 Å². The molecule has 2 aromatic rings. The lowest BCUT2D eigenvalue weighted by molar-refractivity contribution is 0.0231. The first-order valence-electron chi connectivity index (χ1n) is 8.52. The molecular formula is C17H21BrClN5O. The Hall–Kier alpha value is -1.34. The largest absolute Gasteiger partial charge is 0.323 e. The smallest absolute Gasteiger partial charge is 0.320 e. The van der Waals surface area contributed by atoms with Crippen LogP contribution in [0.3, 0.4) is 0 Å². The summed E-state index contributed by atoms with van der Waals surface area (Å²) < 4.78 is 2.69. The number of carbonyl (C=O) groups is 1. The second-order valence-electron chi connectivity index (χ2n) is 7.64. The van der Waals surface area contributed by atoms with Gasteiger partial charge >= 0.3 is 6.03 Å². The normalized spacial score (nSPS) is 26.2. The van der Waals surface area contributed by atoms with E-state index in [0.29, 0.717) is 22.3 Å². The Labute approximate surface area is 160 Å². The highest BCUT2D eigenvalue weighted by Crippen LogP contribution is 2.39. The Morgan fingerprint density at radius 1 is 1.36 bits per heavy atom. The van der Waals surface area contributed by atoms with Gasteiger partial charge in [-0.25, -0.2) is 14.8 Å². The molecule has 2 amide bonds. The van der Waals surface area contributed by atoms with Gasteiger partial charge in [0.15, 0.2) is 5.15 Å². The number of hydrogen-bond acceptors (Lipinski definition) is 3. The van der Waals surface area contributed by atoms with E-state index in [9.17, 15) is 4.79 Å². The van der Waals surface area contributed by atoms with Gasteiger partial charge in [0.1, 0.15) is 15.9 Å². The molecule has 134 valence electrons. The quantitative estimate of drug-likeness (QED) is 0.694. The van der Waals surface area contributed by atoms with Crippen molar-refractivity contribution in [3.05, 3.63) is 28.0 Å². The minimum Gasteiger partial charge on any atom is -0.323 e. The average molecular weight is 427 g/mol. The summed E-state index contributed by atoms with van der Waals surface area (Å²) in [4.78, 5) is 25.6. The summed E-state index contributed by atoms with van der Waals surface area (Å²) >= 11 is 9.72. The number of fused-ring (bicyclic) bond motifs is 2. The predicted molar refractivity (Wildman–Crippen MR) is 100 cm³/mol. The fraction of sp³-hybridized carbons (Fsp3) is 0.588. The van der Waals surface area contributed by atoms with Crippen molar-refractivity contribution < 1.29 is 4.79 Å². The molecule has 0 N–H and O–H groups in total. The second kappa shape index (κ2) is 5.84. The van der Waals surface area contributed by atoms with Crippen molar-refractivity contribution in [3.63, 3.8) is 0 Å². The first kappa shape index (κ1) is 17.1. The Morgan fingerprint density at radius 2 is 2.12 bits per heavy atom. The van der Waals surface area contributed by atoms with E-state index >= 15 is 0 Å². The minimum absolute atomic E-state index is 0.0900. The van der Waals surface area contributed by atoms with Crippen LogP contribution >= 0.6 is 27.5 Å². The van der Waals surface area contributed by atoms with E-state index in [0.717, 1.165) is 30.6 Å². The van der Waals surface area contributed by atoms with Gasteiger partial charge in [-0.1, -0.05) is 11.6 Å². The highest BCUT2D eigenvalue weighted by molar-refractivity contribution is 9.10. The van der Waals surface area contributed by atoms with Gasteiger partial charge in [-0.2, -0.15) is 0 Å². The third kappa shape index (κ3) is 2.63. The fourth-order valence-corrected chi connectivity index (χ4v) is 5.03. The molecule has 2 fully saturated rings. The number of urea groups is 1. The molecule has 0 radical (unpaired) electrons. The highest BCUT2D eigenvalue weighted by Gasteiger charge is 2.45. The van der Waals surface area contributed by atoms with E-state index in [1.165, 1.54) is 0 Å². The number of aromatic nitrogens is 3. The number of amides is 2. The van der Waals surface area contributed by atoms with Crippen molar-refractivity contribution in [2.45, 2.75) is 50.6 Å². The Bertz CT molecular complexity index is 851. The second-order valence-corrected chi connectivity index (χ2v) is 8.75. The zero-order valence-electron chi connectivity index (χ0n) is 14.5. The molecular weight excluding hydrogens is 406 g/mol. The molecule has 0 spiro atoms. The molecule has 4 heterocycles. The lowest BCUT2D eigenvalue weighted by Crippen LogP contribution is -2.63. The maximum absolute atomic E-state index is 12.9. The van der Waals surface area contributed by atoms with Gasteiger partial charge in [-0.15, -0.1) is 0 Å². The zero-order valence-corrected chi connectivity index (χ0v) is 16.9. The maximum Gasteiger partial charge on any atom is 0.320 e. The Balaban J connectivity index is 1.67. The number of halogens is 2. The molecule has 2 atom stereocenters. The molecule has 8 heteroatoms. The molecule has 0 aromatic carbocycles. The molecule has 2 saturated heterocycles. The van der Waals surface area contributed by atoms with Gasteiger partial charge in [-0.05, 0) is 49.0 Å². The molecule has 2 aromatic heterocycles. The van der Waals surface area contributed by atoms with Crippen molar-refractivity contribution in [2.24, 2.45) is 0 Å². The Morgan fingerprint density at radius 3 is 2.88 bits per heavy atom. The van der Waals surface area contributed by atoms with Crippen molar-refractivity contribution in [1.29, 1.82) is 0 Å². The number of nitrogens with zero attached hydrogens (tertiary/aromatic N) is 5. The van der Waals surface area contributed by atoms with Crippen molar-refractivity contribution >= 4 is 39.1 Å². The molecule has 2 aliphatic heterocycles. The highest BCUT2D eigenvalue weighted by atomic mass is 79.9. The van der Waals surface area contributed by atoms with Crippen LogP contribution in [0, 0.1) is 0 Å². The lowest BCUT2D eigenvalue weighted by Gasteiger charge is -2.52. The van der Waals surface area contributed by atoms with Gasteiger partial charge in [0.2, 0.25) is 0 Å². The first-order valence-corrected chi connectivity index (χ1v) is 9.69. The van der Waals surface area contributed by atoms with Gasteiger partial charge in [-0.3, -0.25) is 4.40 Å². The van der Waals surface area contributed by atoms with Crippen LogP contribution in [0.5, 0.6) is 0 Å². The predicted octanol–water partition coefficient (Wildman–Crippen LogP) is 3.93. The van der Waals surface area contributed by atoms with Crippen LogP contribution in [-0.4, -0.2) is 55.4 Å². The van der Waals surface area contributed by atoms with Crippen LogP contribution in [0.15, 0.2) is 17.0 Å². The number of rotatable bonds is 1. The van der Waals surface area contributed by atoms with Gasteiger partial charge in [0.05, 0.1) is 0 Å². The van der Waals surface area contributed by atoms with Gasteiger partial charge in [0, 0.05) is 43.5 Å². The summed E-state index contributed by atoms with van der Waals surface area (Å²) in [7, 11) is 1.90. The molecule has 0 saturated carbocycles. The van der Waals surface area contributed by atoms with Crippen LogP contribution in [0.4, 0.5) is 4.79 Å². The maximum atomic E-state index is 12.9. The molecule has 0 bridgehead atoms. The molecule has 0 aliphatic carbocycles. The first-order chi connectivity index (χ1) is 11.8. The molecule has 2 aliphatic rings. The average Bonchev–Trinajstić information content (AvgIpc) is 2.91. The van der Waals surface area contributed by atoms with Gasteiger partial charge in [0.25, 0.3) is 0 Å². The van der Waals surface area contributed by atoms with Crippen molar-refractivity contribution in [2.75, 3.05) is 13.6 Å². The standard InChI is InChI=1S/C17H21BrClN5O/c1-17(2)8-11-5-4-10(9-24(11)16(25)22(17)3)15-21-13(18)12-14(19)20-6-7-23(12)15/h6-7,10-11H,4-5,8-9H2,1-3H3. The third-order valence-electron chi connectivity index (χ3n) is 5.74. The van der Waals surface area contributed by atoms with E-state index < -0.39 is 0 Å². The van der Waals surface area contributed by atoms with Crippen LogP contribution < -0.4 is 0 Å². The molecule has 25 heavy (non-hydrogen) atoms. The monoisotopic (exact) mass is 425 g/mol. The van der Waals surface area contributed by atoms with Crippen molar-refractivity contribution in [1.82, 2.24) is 24.2 Å². The van der Waals surface area contributed by atoms with E-state index in [-0.39, 0.29) is 17.5 Å². The molecule has 2 unspecified atom stereocenters. The topological polar surface area (TPSA) is 53.7 Å². The van der Waals surface area contributed by atoms with Gasteiger partial charge < -0.3 is 9.80 Å².